The number of nitrogens with zero attached hydrogens (tertiary/aromatic N) is 3. The van der Waals surface area contributed by atoms with Gasteiger partial charge in [0.25, 0.3) is 0 Å². The fourth-order valence-corrected chi connectivity index (χ4v) is 2.57. The average Bonchev–Trinajstić information content (AvgIpc) is 2.80. The first kappa shape index (κ1) is 16.0. The number of rotatable bonds is 6. The molecule has 1 aromatic heterocycles. The van der Waals surface area contributed by atoms with Crippen LogP contribution in [0, 0.1) is 6.92 Å². The van der Waals surface area contributed by atoms with Gasteiger partial charge in [-0.3, -0.25) is 4.68 Å². The summed E-state index contributed by atoms with van der Waals surface area (Å²) in [6.07, 6.45) is 2.44. The zero-order valence-corrected chi connectivity index (χ0v) is 13.6. The number of aryl methyl sites for hydroxylation is 1. The maximum atomic E-state index is 6.36. The highest BCUT2D eigenvalue weighted by Crippen LogP contribution is 2.24. The van der Waals surface area contributed by atoms with E-state index in [0.717, 1.165) is 25.2 Å². The molecule has 2 N–H and O–H groups in total. The van der Waals surface area contributed by atoms with Crippen molar-refractivity contribution in [3.63, 3.8) is 0 Å². The highest BCUT2D eigenvalue weighted by Gasteiger charge is 2.17. The van der Waals surface area contributed by atoms with Crippen LogP contribution < -0.4 is 5.73 Å². The van der Waals surface area contributed by atoms with Gasteiger partial charge in [0.2, 0.25) is 0 Å². The SMILES string of the molecule is Cc1ccc(CC(N)c2c(Cl)cnn2CCN(C)C)cc1. The van der Waals surface area contributed by atoms with Gasteiger partial charge in [-0.15, -0.1) is 0 Å². The van der Waals surface area contributed by atoms with Gasteiger partial charge < -0.3 is 10.6 Å². The first-order chi connectivity index (χ1) is 9.97. The van der Waals surface area contributed by atoms with Gasteiger partial charge in [-0.1, -0.05) is 41.4 Å². The van der Waals surface area contributed by atoms with Gasteiger partial charge in [0, 0.05) is 6.54 Å². The normalized spacial score (nSPS) is 12.9. The van der Waals surface area contributed by atoms with Gasteiger partial charge in [0.1, 0.15) is 0 Å². The van der Waals surface area contributed by atoms with Crippen molar-refractivity contribution >= 4 is 11.6 Å². The molecule has 0 aliphatic heterocycles. The Hall–Kier alpha value is -1.36. The van der Waals surface area contributed by atoms with E-state index >= 15 is 0 Å². The van der Waals surface area contributed by atoms with Crippen molar-refractivity contribution in [2.75, 3.05) is 20.6 Å². The quantitative estimate of drug-likeness (QED) is 0.892. The molecule has 0 saturated heterocycles. The highest BCUT2D eigenvalue weighted by atomic mass is 35.5. The van der Waals surface area contributed by atoms with Crippen LogP contribution >= 0.6 is 11.6 Å². The molecule has 1 aromatic carbocycles. The summed E-state index contributed by atoms with van der Waals surface area (Å²) in [6.45, 7) is 3.77. The monoisotopic (exact) mass is 306 g/mol. The molecule has 1 heterocycles. The van der Waals surface area contributed by atoms with E-state index in [-0.39, 0.29) is 6.04 Å². The van der Waals surface area contributed by atoms with Crippen LogP contribution in [0.4, 0.5) is 0 Å². The summed E-state index contributed by atoms with van der Waals surface area (Å²) in [6, 6.07) is 8.29. The number of halogens is 1. The second-order valence-corrected chi connectivity index (χ2v) is 6.11. The minimum atomic E-state index is -0.148. The molecule has 0 aliphatic rings. The Morgan fingerprint density at radius 3 is 2.57 bits per heavy atom. The van der Waals surface area contributed by atoms with E-state index in [4.69, 9.17) is 17.3 Å². The summed E-state index contributed by atoms with van der Waals surface area (Å²) in [7, 11) is 4.08. The lowest BCUT2D eigenvalue weighted by molar-refractivity contribution is 0.366. The lowest BCUT2D eigenvalue weighted by Gasteiger charge is -2.17. The third-order valence-corrected chi connectivity index (χ3v) is 3.81. The summed E-state index contributed by atoms with van der Waals surface area (Å²) in [4.78, 5) is 2.12. The standard InChI is InChI=1S/C16H23ClN4/c1-12-4-6-13(7-5-12)10-15(18)16-14(17)11-19-21(16)9-8-20(2)3/h4-7,11,15H,8-10,18H2,1-3H3. The molecule has 0 aliphatic carbocycles. The van der Waals surface area contributed by atoms with Crippen LogP contribution in [-0.4, -0.2) is 35.3 Å². The number of nitrogens with two attached hydrogens (primary N) is 1. The molecule has 4 nitrogen and oxygen atoms in total. The van der Waals surface area contributed by atoms with Crippen molar-refractivity contribution in [3.05, 3.63) is 52.3 Å². The first-order valence-electron chi connectivity index (χ1n) is 7.14. The van der Waals surface area contributed by atoms with Gasteiger partial charge in [0.05, 0.1) is 29.5 Å². The molecule has 1 atom stereocenters. The van der Waals surface area contributed by atoms with Crippen LogP contribution in [-0.2, 0) is 13.0 Å². The maximum absolute atomic E-state index is 6.36. The maximum Gasteiger partial charge on any atom is 0.0834 e. The summed E-state index contributed by atoms with van der Waals surface area (Å²) in [5.74, 6) is 0. The Morgan fingerprint density at radius 1 is 1.29 bits per heavy atom. The molecule has 0 radical (unpaired) electrons. The molecular formula is C16H23ClN4. The summed E-state index contributed by atoms with van der Waals surface area (Å²) in [5.41, 5.74) is 9.74. The van der Waals surface area contributed by atoms with Crippen LogP contribution in [0.3, 0.4) is 0 Å². The molecule has 0 amide bonds. The predicted octanol–water partition coefficient (Wildman–Crippen LogP) is 2.65. The summed E-state index contributed by atoms with van der Waals surface area (Å²) in [5, 5.41) is 4.99. The summed E-state index contributed by atoms with van der Waals surface area (Å²) < 4.78 is 1.92. The molecule has 1 unspecified atom stereocenters. The molecule has 0 fully saturated rings. The Kier molecular flexibility index (Phi) is 5.39. The molecule has 0 bridgehead atoms. The lowest BCUT2D eigenvalue weighted by atomic mass is 10.0. The van der Waals surface area contributed by atoms with Crippen molar-refractivity contribution in [1.29, 1.82) is 0 Å². The number of hydrogen-bond acceptors (Lipinski definition) is 3. The van der Waals surface area contributed by atoms with Crippen LogP contribution in [0.1, 0.15) is 22.9 Å². The first-order valence-corrected chi connectivity index (χ1v) is 7.52. The predicted molar refractivity (Wildman–Crippen MR) is 87.6 cm³/mol. The number of aromatic nitrogens is 2. The van der Waals surface area contributed by atoms with E-state index in [1.54, 1.807) is 6.20 Å². The Labute approximate surface area is 131 Å². The molecule has 114 valence electrons. The van der Waals surface area contributed by atoms with Gasteiger partial charge in [-0.2, -0.15) is 5.10 Å². The number of hydrogen-bond donors (Lipinski definition) is 1. The van der Waals surface area contributed by atoms with Gasteiger partial charge in [-0.05, 0) is 33.0 Å². The average molecular weight is 307 g/mol. The topological polar surface area (TPSA) is 47.1 Å². The van der Waals surface area contributed by atoms with Crippen molar-refractivity contribution in [2.24, 2.45) is 5.73 Å². The van der Waals surface area contributed by atoms with E-state index in [0.29, 0.717) is 5.02 Å². The third-order valence-electron chi connectivity index (χ3n) is 3.52. The van der Waals surface area contributed by atoms with Gasteiger partial charge in [-0.25, -0.2) is 0 Å². The van der Waals surface area contributed by atoms with E-state index < -0.39 is 0 Å². The van der Waals surface area contributed by atoms with Gasteiger partial charge in [0.15, 0.2) is 0 Å². The second kappa shape index (κ2) is 7.07. The zero-order chi connectivity index (χ0) is 15.4. The molecule has 0 spiro atoms. The van der Waals surface area contributed by atoms with Crippen LogP contribution in [0.5, 0.6) is 0 Å². The number of benzene rings is 1. The molecular weight excluding hydrogens is 284 g/mol. The van der Waals surface area contributed by atoms with E-state index in [2.05, 4.69) is 41.2 Å². The molecule has 5 heteroatoms. The van der Waals surface area contributed by atoms with Crippen molar-refractivity contribution in [2.45, 2.75) is 25.9 Å². The third kappa shape index (κ3) is 4.30. The Morgan fingerprint density at radius 2 is 1.95 bits per heavy atom. The fraction of sp³-hybridized carbons (Fsp3) is 0.438. The van der Waals surface area contributed by atoms with Crippen molar-refractivity contribution in [3.8, 4) is 0 Å². The number of likely N-dealkylation sites (N-methyl/N-ethyl adjacent to an activating group) is 1. The smallest absolute Gasteiger partial charge is 0.0834 e. The second-order valence-electron chi connectivity index (χ2n) is 5.70. The minimum Gasteiger partial charge on any atom is -0.322 e. The Balaban J connectivity index is 2.12. The Bertz CT molecular complexity index is 574. The highest BCUT2D eigenvalue weighted by molar-refractivity contribution is 6.31. The van der Waals surface area contributed by atoms with E-state index in [1.165, 1.54) is 11.1 Å². The van der Waals surface area contributed by atoms with E-state index in [9.17, 15) is 0 Å². The zero-order valence-electron chi connectivity index (χ0n) is 12.9. The molecule has 2 rings (SSSR count). The van der Waals surface area contributed by atoms with Crippen LogP contribution in [0.15, 0.2) is 30.5 Å². The van der Waals surface area contributed by atoms with Gasteiger partial charge >= 0.3 is 0 Å². The van der Waals surface area contributed by atoms with Crippen LogP contribution in [0.2, 0.25) is 5.02 Å². The molecule has 0 saturated carbocycles. The fourth-order valence-electron chi connectivity index (χ4n) is 2.29. The summed E-state index contributed by atoms with van der Waals surface area (Å²) >= 11 is 6.27. The molecule has 2 aromatic rings. The van der Waals surface area contributed by atoms with E-state index in [1.807, 2.05) is 18.8 Å². The lowest BCUT2D eigenvalue weighted by Crippen LogP contribution is -2.24. The van der Waals surface area contributed by atoms with Crippen LogP contribution in [0.25, 0.3) is 0 Å². The minimum absolute atomic E-state index is 0.148. The molecule has 21 heavy (non-hydrogen) atoms. The van der Waals surface area contributed by atoms with Crippen molar-refractivity contribution < 1.29 is 0 Å². The van der Waals surface area contributed by atoms with Crippen molar-refractivity contribution in [1.82, 2.24) is 14.7 Å². The largest absolute Gasteiger partial charge is 0.322 e.